The molecule has 0 bridgehead atoms. The van der Waals surface area contributed by atoms with Crippen LogP contribution in [-0.2, 0) is 78.3 Å². The Morgan fingerprint density at radius 1 is 0.756 bits per heavy atom. The third-order valence-corrected chi connectivity index (χ3v) is 14.3. The molecule has 1 amide bonds. The first kappa shape index (κ1) is 68.7. The van der Waals surface area contributed by atoms with Crippen molar-refractivity contribution in [1.29, 1.82) is 0 Å². The molecule has 0 spiro atoms. The summed E-state index contributed by atoms with van der Waals surface area (Å²) in [5, 5.41) is 15.6. The standard InChI is InChI=1S/C52H79F4N5O19S2/c1-2-8-61(78-11-7-58-52(64)79-39-4-3-5-39)51(63)38-32-42-41(59-43(57)33-38)34-40(81-42)31-37-35-60(36-37)9-12-69-14-16-71-18-20-73-22-24-75-26-28-77-30-29-76-27-25-74-23-21-72-19-17-70-15-13-68-10-6-44(62)80-49-45(53)47(55)50(82(65,66)67)48(56)46(49)54/h32,34,37,39,51,63H,2-31,33,35-36H2,1H3,(H2,57,59)(H,58,64)(H,65,66,67). The SMILES string of the molecule is CCCN(OCCNC(=O)OC1CCC1)C(O)C1=Cc2sc(CC3CN(CCOCCOCCOCCOCCOCCOCCOCCOCCOCCOCCC(=O)Oc4c(F)c(F)c(S(=O)(=O)O)c(F)c4F)C3)cc2N=C(N)C1. The van der Waals surface area contributed by atoms with Crippen LogP contribution in [0.4, 0.5) is 28.0 Å². The van der Waals surface area contributed by atoms with Gasteiger partial charge >= 0.3 is 22.2 Å². The number of ether oxygens (including phenoxy) is 12. The zero-order valence-electron chi connectivity index (χ0n) is 46.3. The number of aliphatic hydroxyl groups excluding tert-OH is 1. The van der Waals surface area contributed by atoms with E-state index in [2.05, 4.69) is 26.0 Å². The van der Waals surface area contributed by atoms with E-state index in [1.165, 1.54) is 9.94 Å². The molecule has 24 nitrogen and oxygen atoms in total. The van der Waals surface area contributed by atoms with Crippen LogP contribution in [0.15, 0.2) is 21.5 Å². The summed E-state index contributed by atoms with van der Waals surface area (Å²) >= 11 is 1.68. The number of esters is 1. The maximum absolute atomic E-state index is 14.0. The second-order valence-electron chi connectivity index (χ2n) is 18.8. The molecule has 1 saturated carbocycles. The molecule has 3 aliphatic rings. The third kappa shape index (κ3) is 25.7. The minimum absolute atomic E-state index is 0.00604. The van der Waals surface area contributed by atoms with Crippen LogP contribution in [0.1, 0.15) is 55.2 Å². The van der Waals surface area contributed by atoms with Crippen molar-refractivity contribution in [1.82, 2.24) is 15.3 Å². The van der Waals surface area contributed by atoms with Crippen LogP contribution < -0.4 is 15.8 Å². The Morgan fingerprint density at radius 2 is 1.24 bits per heavy atom. The number of alkyl carbamates (subject to hydrolysis) is 1. The number of nitrogens with one attached hydrogen (secondary N) is 1. The average Bonchev–Trinajstić information content (AvgIpc) is 2.86. The number of hydrogen-bond donors (Lipinski definition) is 4. The molecule has 466 valence electrons. The summed E-state index contributed by atoms with van der Waals surface area (Å²) in [6.07, 6.45) is 4.84. The Balaban J connectivity index is 0.728. The summed E-state index contributed by atoms with van der Waals surface area (Å²) in [5.41, 5.74) is 7.84. The predicted octanol–water partition coefficient (Wildman–Crippen LogP) is 4.20. The van der Waals surface area contributed by atoms with Crippen LogP contribution >= 0.6 is 11.3 Å². The maximum atomic E-state index is 14.0. The first-order chi connectivity index (χ1) is 39.6. The number of rotatable bonds is 46. The van der Waals surface area contributed by atoms with E-state index in [9.17, 15) is 40.7 Å². The van der Waals surface area contributed by atoms with E-state index in [0.29, 0.717) is 129 Å². The predicted molar refractivity (Wildman–Crippen MR) is 287 cm³/mol. The zero-order chi connectivity index (χ0) is 59.0. The topological polar surface area (TPSA) is 286 Å². The summed E-state index contributed by atoms with van der Waals surface area (Å²) in [6, 6.07) is 2.10. The number of carbonyl (C=O) groups is 2. The second kappa shape index (κ2) is 38.8. The number of aliphatic imine (C=N–C) groups is 1. The minimum atomic E-state index is -5.65. The Bertz CT molecular complexity index is 2360. The molecule has 1 unspecified atom stereocenters. The highest BCUT2D eigenvalue weighted by Crippen LogP contribution is 2.38. The molecular formula is C52H79F4N5O19S2. The van der Waals surface area contributed by atoms with Crippen LogP contribution in [0.3, 0.4) is 0 Å². The quantitative estimate of drug-likeness (QED) is 0.0106. The number of nitrogens with two attached hydrogens (primary N) is 1. The summed E-state index contributed by atoms with van der Waals surface area (Å²) in [6.45, 7) is 12.6. The van der Waals surface area contributed by atoms with Gasteiger partial charge in [0.05, 0.1) is 156 Å². The maximum Gasteiger partial charge on any atom is 0.407 e. The molecule has 5 rings (SSSR count). The smallest absolute Gasteiger partial charge is 0.407 e. The first-order valence-corrected chi connectivity index (χ1v) is 29.6. The van der Waals surface area contributed by atoms with Gasteiger partial charge in [-0.2, -0.15) is 22.3 Å². The Kier molecular flexibility index (Phi) is 32.5. The van der Waals surface area contributed by atoms with E-state index in [1.54, 1.807) is 11.3 Å². The fraction of sp³-hybridized carbons (Fsp3) is 0.712. The number of nitrogens with zero attached hydrogens (tertiary/aromatic N) is 3. The third-order valence-electron chi connectivity index (χ3n) is 12.3. The molecule has 1 saturated heterocycles. The van der Waals surface area contributed by atoms with Crippen molar-refractivity contribution in [3.05, 3.63) is 44.7 Å². The van der Waals surface area contributed by atoms with Crippen molar-refractivity contribution in [2.24, 2.45) is 16.6 Å². The molecule has 2 fully saturated rings. The number of fused-ring (bicyclic) bond motifs is 1. The number of benzene rings is 1. The van der Waals surface area contributed by atoms with Gasteiger partial charge in [0, 0.05) is 44.0 Å². The van der Waals surface area contributed by atoms with Gasteiger partial charge in [-0.25, -0.2) is 18.6 Å². The van der Waals surface area contributed by atoms with Gasteiger partial charge in [0.1, 0.15) is 11.9 Å². The van der Waals surface area contributed by atoms with Crippen molar-refractivity contribution >= 4 is 51.1 Å². The zero-order valence-corrected chi connectivity index (χ0v) is 47.9. The number of thiophene rings is 1. The number of amidine groups is 1. The van der Waals surface area contributed by atoms with Gasteiger partial charge in [-0.1, -0.05) is 6.92 Å². The molecule has 5 N–H and O–H groups in total. The van der Waals surface area contributed by atoms with Crippen molar-refractivity contribution in [2.75, 3.05) is 171 Å². The largest absolute Gasteiger partial charge is 0.446 e. The van der Waals surface area contributed by atoms with E-state index in [1.807, 2.05) is 13.0 Å². The fourth-order valence-corrected chi connectivity index (χ4v) is 9.79. The van der Waals surface area contributed by atoms with E-state index in [4.69, 9.17) is 67.2 Å². The summed E-state index contributed by atoms with van der Waals surface area (Å²) in [4.78, 5) is 36.7. The number of halogens is 4. The van der Waals surface area contributed by atoms with Crippen LogP contribution in [0.5, 0.6) is 5.75 Å². The lowest BCUT2D eigenvalue weighted by Gasteiger charge is -2.39. The Hall–Kier alpha value is -4.06. The van der Waals surface area contributed by atoms with Gasteiger partial charge in [0.2, 0.25) is 17.4 Å². The van der Waals surface area contributed by atoms with E-state index in [-0.39, 0.29) is 52.3 Å². The highest BCUT2D eigenvalue weighted by Gasteiger charge is 2.34. The number of carbonyl (C=O) groups excluding carboxylic acids is 2. The molecule has 0 radical (unpaired) electrons. The van der Waals surface area contributed by atoms with Crippen molar-refractivity contribution in [2.45, 2.75) is 69.1 Å². The lowest BCUT2D eigenvalue weighted by molar-refractivity contribution is -0.225. The second-order valence-corrected chi connectivity index (χ2v) is 21.3. The first-order valence-electron chi connectivity index (χ1n) is 27.4. The van der Waals surface area contributed by atoms with Gasteiger partial charge in [0.15, 0.2) is 22.8 Å². The Morgan fingerprint density at radius 3 is 1.71 bits per heavy atom. The molecular weight excluding hydrogens is 1140 g/mol. The highest BCUT2D eigenvalue weighted by atomic mass is 32.2. The van der Waals surface area contributed by atoms with Crippen molar-refractivity contribution < 1.29 is 107 Å². The van der Waals surface area contributed by atoms with Gasteiger partial charge in [-0.05, 0) is 55.7 Å². The van der Waals surface area contributed by atoms with Crippen LogP contribution in [0.2, 0.25) is 0 Å². The molecule has 1 atom stereocenters. The summed E-state index contributed by atoms with van der Waals surface area (Å²) in [5.74, 6) is -11.7. The molecule has 82 heavy (non-hydrogen) atoms. The highest BCUT2D eigenvalue weighted by molar-refractivity contribution is 7.85. The molecule has 30 heteroatoms. The van der Waals surface area contributed by atoms with Crippen molar-refractivity contribution in [3.63, 3.8) is 0 Å². The van der Waals surface area contributed by atoms with Gasteiger partial charge in [0.25, 0.3) is 0 Å². The monoisotopic (exact) mass is 1220 g/mol. The van der Waals surface area contributed by atoms with Crippen LogP contribution in [0.25, 0.3) is 6.08 Å². The van der Waals surface area contributed by atoms with Crippen LogP contribution in [-0.4, -0.2) is 230 Å². The lowest BCUT2D eigenvalue weighted by Crippen LogP contribution is -2.48. The number of likely N-dealkylation sites (tertiary alicyclic amines) is 1. The molecule has 3 heterocycles. The van der Waals surface area contributed by atoms with E-state index in [0.717, 1.165) is 62.3 Å². The molecule has 1 aromatic carbocycles. The molecule has 1 aromatic heterocycles. The van der Waals surface area contributed by atoms with E-state index < -0.39 is 68.7 Å². The molecule has 1 aliphatic carbocycles. The number of aliphatic hydroxyl groups is 1. The lowest BCUT2D eigenvalue weighted by atomic mass is 9.95. The van der Waals surface area contributed by atoms with E-state index >= 15 is 0 Å². The van der Waals surface area contributed by atoms with Gasteiger partial charge < -0.3 is 77.9 Å². The number of amides is 1. The normalized spacial score (nSPS) is 15.4. The van der Waals surface area contributed by atoms with Crippen LogP contribution in [0, 0.1) is 29.2 Å². The number of hydrogen-bond acceptors (Lipinski definition) is 23. The number of hydroxylamine groups is 2. The summed E-state index contributed by atoms with van der Waals surface area (Å²) < 4.78 is 151. The van der Waals surface area contributed by atoms with Crippen molar-refractivity contribution in [3.8, 4) is 5.75 Å². The fourth-order valence-electron chi connectivity index (χ4n) is 7.96. The molecule has 2 aromatic rings. The van der Waals surface area contributed by atoms with Gasteiger partial charge in [-0.3, -0.25) is 14.2 Å². The summed E-state index contributed by atoms with van der Waals surface area (Å²) in [7, 11) is -5.65. The molecule has 2 aliphatic heterocycles. The average molecular weight is 1220 g/mol. The van der Waals surface area contributed by atoms with Gasteiger partial charge in [-0.15, -0.1) is 11.3 Å². The Labute approximate surface area is 479 Å². The minimum Gasteiger partial charge on any atom is -0.446 e.